The van der Waals surface area contributed by atoms with Crippen LogP contribution in [0.5, 0.6) is 5.75 Å². The van der Waals surface area contributed by atoms with E-state index >= 15 is 0 Å². The minimum atomic E-state index is -1.00. The summed E-state index contributed by atoms with van der Waals surface area (Å²) in [6.45, 7) is 0.327. The highest BCUT2D eigenvalue weighted by Gasteiger charge is 2.30. The second-order valence-electron chi connectivity index (χ2n) is 3.18. The topological polar surface area (TPSA) is 46.5 Å². The number of carboxylic acids is 1. The molecule has 1 heterocycles. The van der Waals surface area contributed by atoms with E-state index in [1.807, 2.05) is 0 Å². The Kier molecular flexibility index (Phi) is 2.11. The molecule has 0 spiro atoms. The maximum atomic E-state index is 13.3. The number of aliphatic carboxylic acids is 1. The van der Waals surface area contributed by atoms with E-state index in [9.17, 15) is 9.18 Å². The monoisotopic (exact) mass is 196 g/mol. The summed E-state index contributed by atoms with van der Waals surface area (Å²) in [6, 6.07) is 4.36. The number of carboxylic acid groups (broad SMARTS) is 1. The average Bonchev–Trinajstić information content (AvgIpc) is 2.17. The Labute approximate surface area is 80.1 Å². The lowest BCUT2D eigenvalue weighted by Gasteiger charge is -2.23. The average molecular weight is 196 g/mol. The molecule has 0 bridgehead atoms. The molecule has 0 amide bonds. The van der Waals surface area contributed by atoms with E-state index in [-0.39, 0.29) is 5.56 Å². The zero-order valence-corrected chi connectivity index (χ0v) is 7.37. The van der Waals surface area contributed by atoms with Crippen molar-refractivity contribution in [2.75, 3.05) is 6.61 Å². The van der Waals surface area contributed by atoms with E-state index in [1.165, 1.54) is 12.1 Å². The smallest absolute Gasteiger partial charge is 0.311 e. The lowest BCUT2D eigenvalue weighted by molar-refractivity contribution is -0.139. The van der Waals surface area contributed by atoms with Crippen molar-refractivity contribution in [2.45, 2.75) is 12.3 Å². The number of hydrogen-bond acceptors (Lipinski definition) is 2. The molecule has 0 radical (unpaired) electrons. The van der Waals surface area contributed by atoms with Gasteiger partial charge in [-0.05, 0) is 18.6 Å². The van der Waals surface area contributed by atoms with Gasteiger partial charge >= 0.3 is 5.97 Å². The van der Waals surface area contributed by atoms with Crippen LogP contribution >= 0.6 is 0 Å². The Morgan fingerprint density at radius 2 is 2.36 bits per heavy atom. The SMILES string of the molecule is O=C(O)C1CCOc2cccc(F)c21. The Morgan fingerprint density at radius 1 is 1.57 bits per heavy atom. The van der Waals surface area contributed by atoms with Gasteiger partial charge in [-0.3, -0.25) is 4.79 Å². The molecule has 0 saturated heterocycles. The summed E-state index contributed by atoms with van der Waals surface area (Å²) in [5.41, 5.74) is 0.172. The summed E-state index contributed by atoms with van der Waals surface area (Å²) >= 11 is 0. The van der Waals surface area contributed by atoms with Crippen molar-refractivity contribution < 1.29 is 19.0 Å². The Morgan fingerprint density at radius 3 is 3.07 bits per heavy atom. The molecule has 1 atom stereocenters. The first kappa shape index (κ1) is 8.99. The number of rotatable bonds is 1. The van der Waals surface area contributed by atoms with Crippen LogP contribution in [0.4, 0.5) is 4.39 Å². The maximum absolute atomic E-state index is 13.3. The first-order valence-electron chi connectivity index (χ1n) is 4.34. The van der Waals surface area contributed by atoms with Crippen molar-refractivity contribution in [1.29, 1.82) is 0 Å². The van der Waals surface area contributed by atoms with Gasteiger partial charge in [0.25, 0.3) is 0 Å². The Hall–Kier alpha value is -1.58. The minimum Gasteiger partial charge on any atom is -0.493 e. The van der Waals surface area contributed by atoms with Crippen LogP contribution in [0.15, 0.2) is 18.2 Å². The van der Waals surface area contributed by atoms with Gasteiger partial charge in [0, 0.05) is 5.56 Å². The molecular formula is C10H9FO3. The van der Waals surface area contributed by atoms with Crippen molar-refractivity contribution in [3.8, 4) is 5.75 Å². The number of halogens is 1. The van der Waals surface area contributed by atoms with Crippen LogP contribution in [0.1, 0.15) is 17.9 Å². The van der Waals surface area contributed by atoms with E-state index in [4.69, 9.17) is 9.84 Å². The van der Waals surface area contributed by atoms with Crippen LogP contribution in [0, 0.1) is 5.82 Å². The summed E-state index contributed by atoms with van der Waals surface area (Å²) in [5.74, 6) is -1.93. The Balaban J connectivity index is 2.52. The van der Waals surface area contributed by atoms with Crippen LogP contribution in [-0.2, 0) is 4.79 Å². The van der Waals surface area contributed by atoms with E-state index in [2.05, 4.69) is 0 Å². The molecule has 1 aliphatic heterocycles. The second kappa shape index (κ2) is 3.29. The fourth-order valence-corrected chi connectivity index (χ4v) is 1.66. The third kappa shape index (κ3) is 1.32. The van der Waals surface area contributed by atoms with Crippen LogP contribution in [0.25, 0.3) is 0 Å². The van der Waals surface area contributed by atoms with Crippen molar-refractivity contribution in [3.63, 3.8) is 0 Å². The molecule has 2 rings (SSSR count). The Bertz CT molecular complexity index is 376. The lowest BCUT2D eigenvalue weighted by atomic mass is 9.93. The standard InChI is InChI=1S/C10H9FO3/c11-7-2-1-3-8-9(7)6(10(12)13)4-5-14-8/h1-3,6H,4-5H2,(H,12,13). The van der Waals surface area contributed by atoms with Gasteiger partial charge in [-0.25, -0.2) is 4.39 Å². The van der Waals surface area contributed by atoms with Gasteiger partial charge in [-0.2, -0.15) is 0 Å². The molecule has 0 aliphatic carbocycles. The van der Waals surface area contributed by atoms with Crippen molar-refractivity contribution in [2.24, 2.45) is 0 Å². The van der Waals surface area contributed by atoms with Crippen molar-refractivity contribution in [1.82, 2.24) is 0 Å². The largest absolute Gasteiger partial charge is 0.493 e. The number of carbonyl (C=O) groups is 1. The highest BCUT2D eigenvalue weighted by Crippen LogP contribution is 2.35. The van der Waals surface area contributed by atoms with E-state index in [0.29, 0.717) is 18.8 Å². The second-order valence-corrected chi connectivity index (χ2v) is 3.18. The molecule has 1 aromatic carbocycles. The molecule has 0 aromatic heterocycles. The zero-order valence-electron chi connectivity index (χ0n) is 7.37. The van der Waals surface area contributed by atoms with Crippen LogP contribution < -0.4 is 4.74 Å². The summed E-state index contributed by atoms with van der Waals surface area (Å²) in [6.07, 6.45) is 0.323. The van der Waals surface area contributed by atoms with Gasteiger partial charge in [0.05, 0.1) is 12.5 Å². The molecule has 1 N–H and O–H groups in total. The van der Waals surface area contributed by atoms with Crippen molar-refractivity contribution in [3.05, 3.63) is 29.6 Å². The molecule has 0 fully saturated rings. The molecule has 74 valence electrons. The van der Waals surface area contributed by atoms with Crippen molar-refractivity contribution >= 4 is 5.97 Å². The maximum Gasteiger partial charge on any atom is 0.311 e. The number of hydrogen-bond donors (Lipinski definition) is 1. The highest BCUT2D eigenvalue weighted by atomic mass is 19.1. The normalized spacial score (nSPS) is 19.6. The van der Waals surface area contributed by atoms with Gasteiger partial charge in [-0.15, -0.1) is 0 Å². The fraction of sp³-hybridized carbons (Fsp3) is 0.300. The predicted molar refractivity (Wildman–Crippen MR) is 46.9 cm³/mol. The summed E-state index contributed by atoms with van der Waals surface area (Å²) in [4.78, 5) is 10.8. The number of ether oxygens (including phenoxy) is 1. The van der Waals surface area contributed by atoms with Crippen LogP contribution in [0.2, 0.25) is 0 Å². The molecule has 0 saturated carbocycles. The third-order valence-electron chi connectivity index (χ3n) is 2.32. The first-order valence-corrected chi connectivity index (χ1v) is 4.34. The molecule has 14 heavy (non-hydrogen) atoms. The predicted octanol–water partition coefficient (Wildman–Crippen LogP) is 1.78. The van der Waals surface area contributed by atoms with Gasteiger partial charge in [-0.1, -0.05) is 6.07 Å². The third-order valence-corrected chi connectivity index (χ3v) is 2.32. The van der Waals surface area contributed by atoms with Gasteiger partial charge < -0.3 is 9.84 Å². The molecule has 1 unspecified atom stereocenters. The lowest BCUT2D eigenvalue weighted by Crippen LogP contribution is -2.22. The quantitative estimate of drug-likeness (QED) is 0.744. The molecule has 3 nitrogen and oxygen atoms in total. The van der Waals surface area contributed by atoms with E-state index in [1.54, 1.807) is 6.07 Å². The summed E-state index contributed by atoms with van der Waals surface area (Å²) in [5, 5.41) is 8.89. The van der Waals surface area contributed by atoms with E-state index in [0.717, 1.165) is 0 Å². The number of fused-ring (bicyclic) bond motifs is 1. The summed E-state index contributed by atoms with van der Waals surface area (Å²) < 4.78 is 18.5. The highest BCUT2D eigenvalue weighted by molar-refractivity contribution is 5.77. The minimum absolute atomic E-state index is 0.172. The molecular weight excluding hydrogens is 187 g/mol. The van der Waals surface area contributed by atoms with Gasteiger partial charge in [0.15, 0.2) is 0 Å². The van der Waals surface area contributed by atoms with Gasteiger partial charge in [0.1, 0.15) is 11.6 Å². The van der Waals surface area contributed by atoms with E-state index < -0.39 is 17.7 Å². The fourth-order valence-electron chi connectivity index (χ4n) is 1.66. The van der Waals surface area contributed by atoms with Crippen LogP contribution in [-0.4, -0.2) is 17.7 Å². The molecule has 1 aliphatic rings. The summed E-state index contributed by atoms with van der Waals surface area (Å²) in [7, 11) is 0. The van der Waals surface area contributed by atoms with Crippen LogP contribution in [0.3, 0.4) is 0 Å². The molecule has 4 heteroatoms. The van der Waals surface area contributed by atoms with Gasteiger partial charge in [0.2, 0.25) is 0 Å². The zero-order chi connectivity index (χ0) is 10.1. The molecule has 1 aromatic rings. The number of benzene rings is 1. The first-order chi connectivity index (χ1) is 6.70.